The van der Waals surface area contributed by atoms with Crippen molar-refractivity contribution in [1.82, 2.24) is 24.8 Å². The minimum absolute atomic E-state index is 0.209. The highest BCUT2D eigenvalue weighted by Gasteiger charge is 2.24. The number of rotatable bonds is 6. The highest BCUT2D eigenvalue weighted by molar-refractivity contribution is 7.91. The number of amides is 1. The van der Waals surface area contributed by atoms with Crippen molar-refractivity contribution in [2.45, 2.75) is 17.2 Å². The van der Waals surface area contributed by atoms with E-state index < -0.39 is 15.9 Å². The fourth-order valence-electron chi connectivity index (χ4n) is 1.63. The van der Waals surface area contributed by atoms with E-state index in [1.54, 1.807) is 18.4 Å². The summed E-state index contributed by atoms with van der Waals surface area (Å²) in [5.41, 5.74) is 0. The minimum atomic E-state index is -3.63. The van der Waals surface area contributed by atoms with E-state index in [2.05, 4.69) is 20.5 Å². The Hall–Kier alpha value is -1.78. The van der Waals surface area contributed by atoms with Crippen LogP contribution in [0.2, 0.25) is 0 Å². The molecule has 10 heteroatoms. The van der Waals surface area contributed by atoms with Crippen LogP contribution in [0.5, 0.6) is 0 Å². The topological polar surface area (TPSA) is 108 Å². The Balaban J connectivity index is 1.96. The Morgan fingerprint density at radius 3 is 2.90 bits per heavy atom. The molecule has 2 aromatic rings. The molecule has 1 unspecified atom stereocenters. The van der Waals surface area contributed by atoms with E-state index in [-0.39, 0.29) is 16.8 Å². The zero-order chi connectivity index (χ0) is 15.5. The first-order chi connectivity index (χ1) is 9.91. The number of hydrogen-bond donors (Lipinski definition) is 2. The highest BCUT2D eigenvalue weighted by atomic mass is 32.2. The molecule has 0 saturated carbocycles. The van der Waals surface area contributed by atoms with Gasteiger partial charge in [0.25, 0.3) is 10.0 Å². The number of carbonyl (C=O) groups excluding carboxylic acids is 1. The third-order valence-electron chi connectivity index (χ3n) is 2.75. The first-order valence-corrected chi connectivity index (χ1v) is 8.37. The summed E-state index contributed by atoms with van der Waals surface area (Å²) >= 11 is 1.11. The van der Waals surface area contributed by atoms with E-state index in [0.717, 1.165) is 15.6 Å². The molecule has 2 N–H and O–H groups in total. The lowest BCUT2D eigenvalue weighted by atomic mass is 10.3. The summed E-state index contributed by atoms with van der Waals surface area (Å²) < 4.78 is 25.6. The second-order valence-corrected chi connectivity index (χ2v) is 7.57. The Labute approximate surface area is 126 Å². The van der Waals surface area contributed by atoms with Crippen LogP contribution >= 0.6 is 11.3 Å². The molecule has 114 valence electrons. The Morgan fingerprint density at radius 1 is 1.57 bits per heavy atom. The molecule has 0 saturated heterocycles. The lowest BCUT2D eigenvalue weighted by Crippen LogP contribution is -2.39. The molecule has 1 amide bonds. The molecule has 2 aromatic heterocycles. The van der Waals surface area contributed by atoms with E-state index in [9.17, 15) is 13.2 Å². The zero-order valence-electron chi connectivity index (χ0n) is 11.5. The Morgan fingerprint density at radius 2 is 2.33 bits per heavy atom. The van der Waals surface area contributed by atoms with Crippen molar-refractivity contribution in [3.63, 3.8) is 0 Å². The van der Waals surface area contributed by atoms with Gasteiger partial charge in [-0.15, -0.1) is 11.3 Å². The molecule has 21 heavy (non-hydrogen) atoms. The van der Waals surface area contributed by atoms with Gasteiger partial charge in [-0.05, 0) is 18.4 Å². The van der Waals surface area contributed by atoms with Gasteiger partial charge in [-0.1, -0.05) is 6.07 Å². The molecule has 0 bridgehead atoms. The highest BCUT2D eigenvalue weighted by Crippen LogP contribution is 2.19. The molecule has 2 rings (SSSR count). The summed E-state index contributed by atoms with van der Waals surface area (Å²) in [4.78, 5) is 15.8. The van der Waals surface area contributed by atoms with Gasteiger partial charge in [0, 0.05) is 7.05 Å². The van der Waals surface area contributed by atoms with Gasteiger partial charge in [-0.25, -0.2) is 13.4 Å². The van der Waals surface area contributed by atoms with Crippen molar-refractivity contribution in [2.24, 2.45) is 0 Å². The number of thiophene rings is 1. The van der Waals surface area contributed by atoms with Crippen LogP contribution in [0.15, 0.2) is 28.0 Å². The minimum Gasteiger partial charge on any atom is -0.345 e. The maximum atomic E-state index is 12.2. The van der Waals surface area contributed by atoms with E-state index in [1.165, 1.54) is 19.4 Å². The summed E-state index contributed by atoms with van der Waals surface area (Å²) in [6.45, 7) is 1.46. The first kappa shape index (κ1) is 15.6. The Kier molecular flexibility index (Phi) is 4.70. The standard InChI is InChI=1S/C11H15N5O3S2/c1-8(11-12-7-13-15-11)14-9(17)6-16(2)21(18,19)10-4-3-5-20-10/h3-5,7-8H,6H2,1-2H3,(H,14,17)(H,12,13,15). The molecule has 8 nitrogen and oxygen atoms in total. The Bertz CT molecular complexity index is 682. The van der Waals surface area contributed by atoms with Crippen LogP contribution in [0.1, 0.15) is 18.8 Å². The van der Waals surface area contributed by atoms with Crippen LogP contribution in [0, 0.1) is 0 Å². The maximum absolute atomic E-state index is 12.2. The SMILES string of the molecule is CC(NC(=O)CN(C)S(=O)(=O)c1cccs1)c1ncn[nH]1. The fourth-order valence-corrected chi connectivity index (χ4v) is 3.96. The van der Waals surface area contributed by atoms with Crippen LogP contribution in [0.4, 0.5) is 0 Å². The number of nitrogens with zero attached hydrogens (tertiary/aromatic N) is 3. The molecule has 0 aliphatic rings. The number of aromatic nitrogens is 3. The van der Waals surface area contributed by atoms with Gasteiger partial charge in [-0.2, -0.15) is 9.40 Å². The van der Waals surface area contributed by atoms with Gasteiger partial charge in [0.05, 0.1) is 12.6 Å². The quantitative estimate of drug-likeness (QED) is 0.796. The van der Waals surface area contributed by atoms with Gasteiger partial charge in [-0.3, -0.25) is 9.89 Å². The molecular weight excluding hydrogens is 314 g/mol. The molecule has 1 atom stereocenters. The number of aromatic amines is 1. The monoisotopic (exact) mass is 329 g/mol. The van der Waals surface area contributed by atoms with Crippen molar-refractivity contribution >= 4 is 27.3 Å². The van der Waals surface area contributed by atoms with Crippen LogP contribution in [0.25, 0.3) is 0 Å². The van der Waals surface area contributed by atoms with Gasteiger partial charge in [0.2, 0.25) is 5.91 Å². The number of sulfonamides is 1. The molecule has 0 aliphatic heterocycles. The van der Waals surface area contributed by atoms with Crippen molar-refractivity contribution in [3.8, 4) is 0 Å². The molecule has 2 heterocycles. The third-order valence-corrected chi connectivity index (χ3v) is 5.92. The van der Waals surface area contributed by atoms with Crippen LogP contribution < -0.4 is 5.32 Å². The van der Waals surface area contributed by atoms with Gasteiger partial charge >= 0.3 is 0 Å². The second-order valence-electron chi connectivity index (χ2n) is 4.35. The van der Waals surface area contributed by atoms with E-state index >= 15 is 0 Å². The largest absolute Gasteiger partial charge is 0.345 e. The van der Waals surface area contributed by atoms with Crippen molar-refractivity contribution in [2.75, 3.05) is 13.6 Å². The normalized spacial score (nSPS) is 13.3. The van der Waals surface area contributed by atoms with E-state index in [0.29, 0.717) is 5.82 Å². The number of nitrogens with one attached hydrogen (secondary N) is 2. The number of likely N-dealkylation sites (N-methyl/N-ethyl adjacent to an activating group) is 1. The zero-order valence-corrected chi connectivity index (χ0v) is 13.1. The first-order valence-electron chi connectivity index (χ1n) is 6.05. The second kappa shape index (κ2) is 6.33. The smallest absolute Gasteiger partial charge is 0.252 e. The molecule has 0 spiro atoms. The fraction of sp³-hybridized carbons (Fsp3) is 0.364. The summed E-state index contributed by atoms with van der Waals surface area (Å²) in [6, 6.07) is 2.78. The molecule has 0 aliphatic carbocycles. The van der Waals surface area contributed by atoms with Crippen LogP contribution in [-0.4, -0.2) is 47.4 Å². The van der Waals surface area contributed by atoms with E-state index in [4.69, 9.17) is 0 Å². The number of H-pyrrole nitrogens is 1. The predicted octanol–water partition coefficient (Wildman–Crippen LogP) is 0.364. The van der Waals surface area contributed by atoms with Gasteiger partial charge in [0.15, 0.2) is 0 Å². The summed E-state index contributed by atoms with van der Waals surface area (Å²) in [7, 11) is -2.26. The van der Waals surface area contributed by atoms with Crippen molar-refractivity contribution in [1.29, 1.82) is 0 Å². The molecular formula is C11H15N5O3S2. The summed E-state index contributed by atoms with van der Waals surface area (Å²) in [5.74, 6) is 0.0913. The summed E-state index contributed by atoms with van der Waals surface area (Å²) in [6.07, 6.45) is 1.34. The predicted molar refractivity (Wildman–Crippen MR) is 77.1 cm³/mol. The van der Waals surface area contributed by atoms with Crippen LogP contribution in [-0.2, 0) is 14.8 Å². The number of hydrogen-bond acceptors (Lipinski definition) is 6. The van der Waals surface area contributed by atoms with E-state index in [1.807, 2.05) is 0 Å². The van der Waals surface area contributed by atoms with Crippen LogP contribution in [0.3, 0.4) is 0 Å². The number of carbonyl (C=O) groups is 1. The lowest BCUT2D eigenvalue weighted by Gasteiger charge is -2.17. The molecule has 0 fully saturated rings. The third kappa shape index (κ3) is 3.65. The van der Waals surface area contributed by atoms with Gasteiger partial charge < -0.3 is 5.32 Å². The van der Waals surface area contributed by atoms with Gasteiger partial charge in [0.1, 0.15) is 16.4 Å². The van der Waals surface area contributed by atoms with Crippen molar-refractivity contribution in [3.05, 3.63) is 29.7 Å². The van der Waals surface area contributed by atoms with Crippen molar-refractivity contribution < 1.29 is 13.2 Å². The average Bonchev–Trinajstić information content (AvgIpc) is 3.12. The summed E-state index contributed by atoms with van der Waals surface area (Å²) in [5, 5.41) is 10.7. The molecule has 0 aromatic carbocycles. The maximum Gasteiger partial charge on any atom is 0.252 e. The lowest BCUT2D eigenvalue weighted by molar-refractivity contribution is -0.121. The molecule has 0 radical (unpaired) electrons. The average molecular weight is 329 g/mol.